The van der Waals surface area contributed by atoms with Crippen LogP contribution in [0.5, 0.6) is 0 Å². The fourth-order valence-electron chi connectivity index (χ4n) is 8.01. The van der Waals surface area contributed by atoms with Crippen molar-refractivity contribution in [2.75, 3.05) is 0 Å². The van der Waals surface area contributed by atoms with Gasteiger partial charge in [-0.15, -0.1) is 0 Å². The van der Waals surface area contributed by atoms with Crippen molar-refractivity contribution in [2.45, 2.75) is 0 Å². The molecule has 0 aliphatic heterocycles. The molecule has 0 unspecified atom stereocenters. The molecule has 8 aromatic carbocycles. The zero-order valence-corrected chi connectivity index (χ0v) is 32.7. The Hall–Kier alpha value is -8.28. The molecule has 3 aromatic heterocycles. The van der Waals surface area contributed by atoms with Gasteiger partial charge in [-0.1, -0.05) is 188 Å². The number of aromatic nitrogens is 5. The molecule has 0 fully saturated rings. The highest BCUT2D eigenvalue weighted by Gasteiger charge is 2.21. The minimum Gasteiger partial charge on any atom is -0.308 e. The van der Waals surface area contributed by atoms with E-state index in [1.54, 1.807) is 12.1 Å². The molecule has 0 bridgehead atoms. The van der Waals surface area contributed by atoms with E-state index in [1.807, 2.05) is 127 Å². The highest BCUT2D eigenvalue weighted by atomic mass is 15.1. The van der Waals surface area contributed by atoms with E-state index >= 15 is 0 Å². The number of hydrogen-bond donors (Lipinski definition) is 0. The monoisotopic (exact) mass is 784 g/mol. The van der Waals surface area contributed by atoms with E-state index in [0.717, 1.165) is 55.3 Å². The van der Waals surface area contributed by atoms with Crippen LogP contribution in [0.25, 0.3) is 106 Å². The summed E-state index contributed by atoms with van der Waals surface area (Å²) >= 11 is 0. The summed E-state index contributed by atoms with van der Waals surface area (Å²) in [4.78, 5) is 20.7. The Morgan fingerprint density at radius 2 is 0.852 bits per heavy atom. The fraction of sp³-hybridized carbons (Fsp3) is 0. The van der Waals surface area contributed by atoms with Gasteiger partial charge >= 0.3 is 0 Å². The van der Waals surface area contributed by atoms with Gasteiger partial charge in [0.15, 0.2) is 17.5 Å². The Balaban J connectivity index is 1.22. The van der Waals surface area contributed by atoms with E-state index in [9.17, 15) is 0 Å². The number of rotatable bonds is 8. The third-order valence-corrected chi connectivity index (χ3v) is 10.9. The first-order valence-electron chi connectivity index (χ1n) is 22.6. The maximum absolute atomic E-state index is 8.94. The quantitative estimate of drug-likeness (QED) is 0.154. The van der Waals surface area contributed by atoms with Gasteiger partial charge in [-0.3, -0.25) is 0 Å². The summed E-state index contributed by atoms with van der Waals surface area (Å²) in [5.41, 5.74) is 10.5. The maximum atomic E-state index is 8.94. The van der Waals surface area contributed by atoms with Crippen LogP contribution in [-0.4, -0.2) is 24.5 Å². The van der Waals surface area contributed by atoms with Crippen molar-refractivity contribution in [3.8, 4) is 84.6 Å². The second-order valence-corrected chi connectivity index (χ2v) is 14.7. The second-order valence-electron chi connectivity index (χ2n) is 14.7. The normalized spacial score (nSPS) is 12.4. The van der Waals surface area contributed by atoms with Crippen LogP contribution in [0.4, 0.5) is 0 Å². The molecule has 0 aliphatic carbocycles. The van der Waals surface area contributed by atoms with Gasteiger partial charge < -0.3 is 4.57 Å². The number of nitrogens with zero attached hydrogens (tertiary/aromatic N) is 5. The number of fused-ring (bicyclic) bond motifs is 3. The van der Waals surface area contributed by atoms with Crippen molar-refractivity contribution in [3.63, 3.8) is 0 Å². The standard InChI is InChI=1S/C56H37N5/c1-6-18-38(19-7-1)43-30-32-47-46-28-16-17-29-51(46)61(53(47)37-43)52-33-31-44(50-36-45(39-20-8-2-9-21-39)35-49(57-50)40-22-10-3-11-23-40)34-48(52)56-59-54(41-24-12-4-13-25-41)58-55(60-56)42-26-14-5-15-27-42/h1-37H/i2D,8D,9D,20D,21D. The molecule has 0 spiro atoms. The molecule has 5 heteroatoms. The molecule has 3 heterocycles. The average Bonchev–Trinajstić information content (AvgIpc) is 3.71. The van der Waals surface area contributed by atoms with Crippen LogP contribution in [-0.2, 0) is 0 Å². The Bertz CT molecular complexity index is 3550. The van der Waals surface area contributed by atoms with Crippen LogP contribution in [0.3, 0.4) is 0 Å². The lowest BCUT2D eigenvalue weighted by atomic mass is 9.98. The molecular weight excluding hydrogens is 743 g/mol. The highest BCUT2D eigenvalue weighted by molar-refractivity contribution is 6.10. The Labute approximate surface area is 361 Å². The minimum absolute atomic E-state index is 0.0932. The third kappa shape index (κ3) is 6.84. The van der Waals surface area contributed by atoms with Crippen LogP contribution in [0.1, 0.15) is 6.85 Å². The summed E-state index contributed by atoms with van der Waals surface area (Å²) in [6.07, 6.45) is 0. The van der Waals surface area contributed by atoms with Crippen LogP contribution >= 0.6 is 0 Å². The van der Waals surface area contributed by atoms with E-state index in [1.165, 1.54) is 0 Å². The minimum atomic E-state index is -0.449. The lowest BCUT2D eigenvalue weighted by molar-refractivity contribution is 1.06. The SMILES string of the molecule is [2H]c1c([2H])c([2H])c(-c2cc(-c3ccccc3)nc(-c3ccc(-n4c5ccccc5c5ccc(-c6ccccc6)cc54)c(-c4nc(-c5ccccc5)nc(-c5ccccc5)n4)c3)c2)c([2H])c1[2H]. The van der Waals surface area contributed by atoms with Gasteiger partial charge in [0, 0.05) is 38.6 Å². The summed E-state index contributed by atoms with van der Waals surface area (Å²) in [5.74, 6) is 1.46. The number of hydrogen-bond acceptors (Lipinski definition) is 4. The van der Waals surface area contributed by atoms with Crippen LogP contribution < -0.4 is 0 Å². The van der Waals surface area contributed by atoms with Crippen molar-refractivity contribution >= 4 is 21.8 Å². The summed E-state index contributed by atoms with van der Waals surface area (Å²) < 4.78 is 45.5. The predicted molar refractivity (Wildman–Crippen MR) is 250 cm³/mol. The molecule has 0 saturated carbocycles. The first-order valence-corrected chi connectivity index (χ1v) is 20.1. The topological polar surface area (TPSA) is 56.5 Å². The van der Waals surface area contributed by atoms with Gasteiger partial charge in [0.2, 0.25) is 0 Å². The van der Waals surface area contributed by atoms with Crippen molar-refractivity contribution in [1.82, 2.24) is 24.5 Å². The first-order chi connectivity index (χ1) is 32.3. The van der Waals surface area contributed by atoms with E-state index in [2.05, 4.69) is 59.2 Å². The summed E-state index contributed by atoms with van der Waals surface area (Å²) in [6.45, 7) is 0. The van der Waals surface area contributed by atoms with E-state index in [0.29, 0.717) is 45.6 Å². The molecule has 286 valence electrons. The molecule has 0 radical (unpaired) electrons. The Morgan fingerprint density at radius 1 is 0.328 bits per heavy atom. The Kier molecular flexibility index (Phi) is 7.80. The van der Waals surface area contributed by atoms with Gasteiger partial charge in [-0.05, 0) is 58.7 Å². The zero-order valence-electron chi connectivity index (χ0n) is 37.7. The van der Waals surface area contributed by atoms with E-state index < -0.39 is 18.1 Å². The fourth-order valence-corrected chi connectivity index (χ4v) is 8.01. The first kappa shape index (κ1) is 30.8. The number of para-hydroxylation sites is 1. The molecule has 5 nitrogen and oxygen atoms in total. The lowest BCUT2D eigenvalue weighted by Gasteiger charge is -2.17. The van der Waals surface area contributed by atoms with E-state index in [4.69, 9.17) is 26.8 Å². The zero-order chi connectivity index (χ0) is 44.9. The maximum Gasteiger partial charge on any atom is 0.166 e. The van der Waals surface area contributed by atoms with Crippen LogP contribution in [0.2, 0.25) is 0 Å². The van der Waals surface area contributed by atoms with Crippen molar-refractivity contribution in [1.29, 1.82) is 0 Å². The number of pyridine rings is 1. The van der Waals surface area contributed by atoms with Crippen LogP contribution in [0.15, 0.2) is 224 Å². The molecule has 11 rings (SSSR count). The van der Waals surface area contributed by atoms with E-state index in [-0.39, 0.29) is 17.6 Å². The van der Waals surface area contributed by atoms with Gasteiger partial charge in [-0.2, -0.15) is 0 Å². The molecule has 0 saturated heterocycles. The molecule has 11 aromatic rings. The van der Waals surface area contributed by atoms with Gasteiger partial charge in [-0.25, -0.2) is 19.9 Å². The number of benzene rings is 8. The van der Waals surface area contributed by atoms with Crippen molar-refractivity contribution < 1.29 is 6.85 Å². The lowest BCUT2D eigenvalue weighted by Crippen LogP contribution is -2.04. The summed E-state index contributed by atoms with van der Waals surface area (Å²) in [5, 5.41) is 2.18. The van der Waals surface area contributed by atoms with Crippen LogP contribution in [0, 0.1) is 0 Å². The average molecular weight is 785 g/mol. The summed E-state index contributed by atoms with van der Waals surface area (Å²) in [6, 6.07) is 62.6. The molecular formula is C56H37N5. The smallest absolute Gasteiger partial charge is 0.166 e. The molecule has 0 amide bonds. The van der Waals surface area contributed by atoms with Crippen molar-refractivity contribution in [2.24, 2.45) is 0 Å². The predicted octanol–water partition coefficient (Wildman–Crippen LogP) is 14.0. The molecule has 0 atom stereocenters. The summed E-state index contributed by atoms with van der Waals surface area (Å²) in [7, 11) is 0. The highest BCUT2D eigenvalue weighted by Crippen LogP contribution is 2.40. The molecule has 0 aliphatic rings. The van der Waals surface area contributed by atoms with Crippen molar-refractivity contribution in [3.05, 3.63) is 224 Å². The second kappa shape index (κ2) is 15.5. The largest absolute Gasteiger partial charge is 0.308 e. The molecule has 61 heavy (non-hydrogen) atoms. The van der Waals surface area contributed by atoms with Gasteiger partial charge in [0.05, 0.1) is 35.0 Å². The van der Waals surface area contributed by atoms with Gasteiger partial charge in [0.1, 0.15) is 0 Å². The van der Waals surface area contributed by atoms with Gasteiger partial charge in [0.25, 0.3) is 0 Å². The Morgan fingerprint density at radius 3 is 1.51 bits per heavy atom. The third-order valence-electron chi connectivity index (χ3n) is 10.9. The molecule has 0 N–H and O–H groups in total.